The molecule has 1 N–H and O–H groups in total. The number of carbonyl (C=O) groups is 3. The van der Waals surface area contributed by atoms with Crippen molar-refractivity contribution in [3.8, 4) is 5.75 Å². The molecule has 0 spiro atoms. The minimum absolute atomic E-state index is 0. The van der Waals surface area contributed by atoms with Gasteiger partial charge in [0, 0.05) is 53.3 Å². The summed E-state index contributed by atoms with van der Waals surface area (Å²) in [6, 6.07) is 20.7. The van der Waals surface area contributed by atoms with E-state index in [1.54, 1.807) is 32.2 Å². The fourth-order valence-corrected chi connectivity index (χ4v) is 4.88. The topological polar surface area (TPSA) is 84.4 Å². The Bertz CT molecular complexity index is 1340. The smallest absolute Gasteiger partial charge is 0.224 e. The molecule has 0 saturated carbocycles. The molecule has 0 saturated heterocycles. The fraction of sp³-hybridized carbons (Fsp3) is 0.447. The highest BCUT2D eigenvalue weighted by atomic mass is 19.1. The first kappa shape index (κ1) is 42.8. The first-order chi connectivity index (χ1) is 21.9. The van der Waals surface area contributed by atoms with E-state index in [1.165, 1.54) is 46.6 Å². The highest BCUT2D eigenvalue weighted by molar-refractivity contribution is 5.81. The Morgan fingerprint density at radius 3 is 1.96 bits per heavy atom. The molecule has 1 unspecified atom stereocenters. The molecule has 2 amide bonds. The van der Waals surface area contributed by atoms with Crippen LogP contribution < -0.4 is 4.90 Å². The first-order valence-electron chi connectivity index (χ1n) is 15.9. The van der Waals surface area contributed by atoms with Crippen LogP contribution in [0.5, 0.6) is 5.75 Å². The Hall–Kier alpha value is -4.24. The third-order valence-electron chi connectivity index (χ3n) is 7.45. The Kier molecular flexibility index (Phi) is 20.3. The number of aryl methyl sites for hydroxylation is 1. The van der Waals surface area contributed by atoms with Crippen LogP contribution in [0.15, 0.2) is 72.8 Å². The number of carbonyl (C=O) groups excluding carboxylic acids is 3. The largest absolute Gasteiger partial charge is 0.508 e. The van der Waals surface area contributed by atoms with Crippen molar-refractivity contribution in [1.29, 1.82) is 0 Å². The van der Waals surface area contributed by atoms with Crippen molar-refractivity contribution >= 4 is 23.8 Å². The van der Waals surface area contributed by atoms with Crippen molar-refractivity contribution < 1.29 is 23.9 Å². The van der Waals surface area contributed by atoms with E-state index in [2.05, 4.69) is 31.2 Å². The molecule has 0 fully saturated rings. The number of aromatic hydroxyl groups is 1. The second-order valence-corrected chi connectivity index (χ2v) is 11.0. The van der Waals surface area contributed by atoms with Crippen molar-refractivity contribution in [3.63, 3.8) is 0 Å². The van der Waals surface area contributed by atoms with Crippen LogP contribution in [0.4, 0.5) is 10.1 Å². The summed E-state index contributed by atoms with van der Waals surface area (Å²) in [5.74, 6) is -0.723. The molecule has 8 nitrogen and oxygen atoms in total. The zero-order chi connectivity index (χ0) is 34.8. The Morgan fingerprint density at radius 1 is 0.894 bits per heavy atom. The summed E-state index contributed by atoms with van der Waals surface area (Å²) in [4.78, 5) is 44.6. The zero-order valence-corrected chi connectivity index (χ0v) is 29.0. The molecule has 0 bridgehead atoms. The Labute approximate surface area is 282 Å². The molecule has 0 aromatic heterocycles. The second kappa shape index (κ2) is 22.3. The monoisotopic (exact) mass is 652 g/mol. The lowest BCUT2D eigenvalue weighted by Crippen LogP contribution is -2.59. The van der Waals surface area contributed by atoms with Gasteiger partial charge in [0.2, 0.25) is 11.8 Å². The lowest BCUT2D eigenvalue weighted by Gasteiger charge is -2.42. The van der Waals surface area contributed by atoms with E-state index in [4.69, 9.17) is 0 Å². The summed E-state index contributed by atoms with van der Waals surface area (Å²) in [6.45, 7) is 10.0. The quantitative estimate of drug-likeness (QED) is 0.162. The van der Waals surface area contributed by atoms with Crippen molar-refractivity contribution in [3.05, 3.63) is 95.3 Å². The third kappa shape index (κ3) is 14.0. The highest BCUT2D eigenvalue weighted by Gasteiger charge is 2.34. The van der Waals surface area contributed by atoms with E-state index >= 15 is 0 Å². The molecular formula is C38H57FN4O4. The molecule has 2 atom stereocenters. The van der Waals surface area contributed by atoms with Gasteiger partial charge < -0.3 is 24.6 Å². The van der Waals surface area contributed by atoms with Gasteiger partial charge in [-0.3, -0.25) is 14.5 Å². The van der Waals surface area contributed by atoms with Gasteiger partial charge in [-0.25, -0.2) is 4.39 Å². The molecule has 3 aromatic carbocycles. The normalized spacial score (nSPS) is 11.4. The van der Waals surface area contributed by atoms with Crippen LogP contribution in [0.3, 0.4) is 0 Å². The van der Waals surface area contributed by atoms with Crippen LogP contribution in [0.2, 0.25) is 0 Å². The van der Waals surface area contributed by atoms with E-state index in [-0.39, 0.29) is 50.2 Å². The summed E-state index contributed by atoms with van der Waals surface area (Å²) < 4.78 is 13.8. The van der Waals surface area contributed by atoms with Gasteiger partial charge in [0.25, 0.3) is 0 Å². The van der Waals surface area contributed by atoms with E-state index in [0.717, 1.165) is 29.5 Å². The van der Waals surface area contributed by atoms with Crippen LogP contribution in [-0.2, 0) is 33.8 Å². The number of phenols is 1. The predicted octanol–water partition coefficient (Wildman–Crippen LogP) is 6.79. The maximum absolute atomic E-state index is 13.8. The predicted molar refractivity (Wildman–Crippen MR) is 192 cm³/mol. The maximum Gasteiger partial charge on any atom is 0.224 e. The van der Waals surface area contributed by atoms with E-state index < -0.39 is 12.2 Å². The SMILES string of the molecule is C.CC.CCC(=O)N(C(CN(C)Cc1ccc(F)cc1N(C)C)N(C)C(C)=O)[C@H](C=O)Cc1ccc(O)cc1.CCc1ccccc1. The molecule has 260 valence electrons. The molecule has 3 rings (SSSR count). The zero-order valence-electron chi connectivity index (χ0n) is 29.0. The Balaban J connectivity index is 0.00000165. The molecule has 47 heavy (non-hydrogen) atoms. The fourth-order valence-electron chi connectivity index (χ4n) is 4.88. The van der Waals surface area contributed by atoms with Gasteiger partial charge in [0.15, 0.2) is 0 Å². The minimum Gasteiger partial charge on any atom is -0.508 e. The first-order valence-corrected chi connectivity index (χ1v) is 15.9. The van der Waals surface area contributed by atoms with E-state index in [9.17, 15) is 23.9 Å². The number of hydrogen-bond acceptors (Lipinski definition) is 6. The van der Waals surface area contributed by atoms with Crippen molar-refractivity contribution in [2.45, 2.75) is 80.1 Å². The Morgan fingerprint density at radius 2 is 1.49 bits per heavy atom. The number of phenolic OH excluding ortho intramolecular Hbond substituents is 1. The number of halogens is 1. The lowest BCUT2D eigenvalue weighted by atomic mass is 10.0. The van der Waals surface area contributed by atoms with Gasteiger partial charge in [0.05, 0.1) is 6.04 Å². The molecular weight excluding hydrogens is 595 g/mol. The van der Waals surface area contributed by atoms with Crippen molar-refractivity contribution in [2.75, 3.05) is 39.6 Å². The van der Waals surface area contributed by atoms with E-state index in [0.29, 0.717) is 6.54 Å². The van der Waals surface area contributed by atoms with Crippen LogP contribution in [0.1, 0.15) is 65.2 Å². The third-order valence-corrected chi connectivity index (χ3v) is 7.45. The number of benzene rings is 3. The van der Waals surface area contributed by atoms with Crippen LogP contribution >= 0.6 is 0 Å². The number of amides is 2. The number of hydrogen-bond donors (Lipinski definition) is 1. The molecule has 9 heteroatoms. The van der Waals surface area contributed by atoms with Crippen LogP contribution in [-0.4, -0.2) is 84.8 Å². The van der Waals surface area contributed by atoms with Gasteiger partial charge in [-0.2, -0.15) is 0 Å². The number of likely N-dealkylation sites (N-methyl/N-ethyl adjacent to an activating group) is 2. The van der Waals surface area contributed by atoms with Gasteiger partial charge >= 0.3 is 0 Å². The number of rotatable bonds is 13. The number of anilines is 1. The van der Waals surface area contributed by atoms with Crippen molar-refractivity contribution in [2.24, 2.45) is 0 Å². The average molecular weight is 653 g/mol. The number of nitrogens with zero attached hydrogens (tertiary/aromatic N) is 4. The number of aldehydes is 1. The summed E-state index contributed by atoms with van der Waals surface area (Å²) in [6.07, 6.45) is 1.56. The van der Waals surface area contributed by atoms with Crippen LogP contribution in [0.25, 0.3) is 0 Å². The van der Waals surface area contributed by atoms with Gasteiger partial charge in [-0.15, -0.1) is 0 Å². The average Bonchev–Trinajstić information content (AvgIpc) is 3.06. The van der Waals surface area contributed by atoms with E-state index in [1.807, 2.05) is 50.9 Å². The lowest BCUT2D eigenvalue weighted by molar-refractivity contribution is -0.149. The summed E-state index contributed by atoms with van der Waals surface area (Å²) in [5.41, 5.74) is 3.81. The summed E-state index contributed by atoms with van der Waals surface area (Å²) >= 11 is 0. The molecule has 3 aromatic rings. The minimum atomic E-state index is -0.814. The molecule has 0 aliphatic rings. The standard InChI is InChI=1S/C27H37FN4O4.C8H10.C2H6.CH4/c1-7-27(36)32(23(18-33)14-20-8-12-24(35)13-9-20)26(31(6)19(2)34)17-30(5)16-21-10-11-22(28)15-25(21)29(3)4;1-2-8-6-4-3-5-7-8;1-2;/h8-13,15,18,23,26,35H,7,14,16-17H2,1-6H3;3-7H,2H2,1H3;1-2H3;1H4/t23-,26?;;;/m0.../s1. The molecule has 0 radical (unpaired) electrons. The molecule has 0 aliphatic carbocycles. The highest BCUT2D eigenvalue weighted by Crippen LogP contribution is 2.23. The summed E-state index contributed by atoms with van der Waals surface area (Å²) in [7, 11) is 7.14. The maximum atomic E-state index is 13.8. The molecule has 0 heterocycles. The summed E-state index contributed by atoms with van der Waals surface area (Å²) in [5, 5.41) is 9.59. The van der Waals surface area contributed by atoms with Gasteiger partial charge in [-0.1, -0.05) is 83.7 Å². The molecule has 0 aliphatic heterocycles. The van der Waals surface area contributed by atoms with Gasteiger partial charge in [0.1, 0.15) is 24.0 Å². The van der Waals surface area contributed by atoms with Crippen molar-refractivity contribution in [1.82, 2.24) is 14.7 Å². The van der Waals surface area contributed by atoms with Gasteiger partial charge in [-0.05, 0) is 60.8 Å². The van der Waals surface area contributed by atoms with Crippen LogP contribution in [0, 0.1) is 5.82 Å². The second-order valence-electron chi connectivity index (χ2n) is 11.0.